The zero-order valence-corrected chi connectivity index (χ0v) is 13.1. The SMILES string of the molecule is CCc1nc2ccc(-c3c[nH]c4cc(F)ccc34)cc2[nH]1.NC=O. The molecule has 4 aromatic rings. The van der Waals surface area contributed by atoms with E-state index in [-0.39, 0.29) is 12.2 Å². The smallest absolute Gasteiger partial charge is 0.204 e. The van der Waals surface area contributed by atoms with Gasteiger partial charge in [-0.25, -0.2) is 9.37 Å². The standard InChI is InChI=1S/C17H14FN3.CH3NO/c1-2-17-20-14-6-3-10(7-16(14)21-17)13-9-19-15-8-11(18)4-5-12(13)15;2-1-3/h3-9,19H,2H2,1H3,(H,20,21);1H,(H2,2,3). The summed E-state index contributed by atoms with van der Waals surface area (Å²) in [5, 5.41) is 1.02. The molecule has 24 heavy (non-hydrogen) atoms. The van der Waals surface area contributed by atoms with Gasteiger partial charge in [-0.3, -0.25) is 4.79 Å². The third-order valence-electron chi connectivity index (χ3n) is 3.82. The highest BCUT2D eigenvalue weighted by Crippen LogP contribution is 2.30. The first-order valence-corrected chi connectivity index (χ1v) is 7.57. The van der Waals surface area contributed by atoms with E-state index in [0.717, 1.165) is 45.3 Å². The fourth-order valence-electron chi connectivity index (χ4n) is 2.73. The van der Waals surface area contributed by atoms with Crippen molar-refractivity contribution in [3.63, 3.8) is 0 Å². The Hall–Kier alpha value is -3.15. The van der Waals surface area contributed by atoms with Crippen molar-refractivity contribution in [1.29, 1.82) is 0 Å². The van der Waals surface area contributed by atoms with Gasteiger partial charge in [-0.1, -0.05) is 13.0 Å². The van der Waals surface area contributed by atoms with E-state index in [1.165, 1.54) is 12.1 Å². The molecule has 0 aliphatic carbocycles. The first kappa shape index (κ1) is 15.7. The van der Waals surface area contributed by atoms with E-state index in [1.807, 2.05) is 18.3 Å². The number of carbonyl (C=O) groups excluding carboxylic acids is 1. The lowest BCUT2D eigenvalue weighted by Gasteiger charge is -2.00. The predicted molar refractivity (Wildman–Crippen MR) is 93.0 cm³/mol. The maximum absolute atomic E-state index is 13.3. The Morgan fingerprint density at radius 3 is 2.75 bits per heavy atom. The van der Waals surface area contributed by atoms with Crippen molar-refractivity contribution >= 4 is 28.3 Å². The minimum atomic E-state index is -0.229. The molecule has 0 atom stereocenters. The first-order chi connectivity index (χ1) is 11.7. The lowest BCUT2D eigenvalue weighted by molar-refractivity contribution is -0.106. The Morgan fingerprint density at radius 2 is 2.00 bits per heavy atom. The molecule has 0 saturated carbocycles. The molecule has 2 aromatic heterocycles. The number of nitrogens with one attached hydrogen (secondary N) is 2. The number of amides is 1. The highest BCUT2D eigenvalue weighted by Gasteiger charge is 2.09. The van der Waals surface area contributed by atoms with Gasteiger partial charge in [0.25, 0.3) is 0 Å². The normalized spacial score (nSPS) is 10.6. The van der Waals surface area contributed by atoms with Gasteiger partial charge < -0.3 is 15.7 Å². The Bertz CT molecular complexity index is 1000. The summed E-state index contributed by atoms with van der Waals surface area (Å²) in [6.45, 7) is 2.08. The van der Waals surface area contributed by atoms with Gasteiger partial charge in [-0.2, -0.15) is 0 Å². The Morgan fingerprint density at radius 1 is 1.21 bits per heavy atom. The van der Waals surface area contributed by atoms with Gasteiger partial charge in [0.15, 0.2) is 0 Å². The van der Waals surface area contributed by atoms with Crippen LogP contribution in [0.15, 0.2) is 42.6 Å². The van der Waals surface area contributed by atoms with Gasteiger partial charge in [0, 0.05) is 29.1 Å². The van der Waals surface area contributed by atoms with Crippen molar-refractivity contribution in [3.8, 4) is 11.1 Å². The number of nitrogens with two attached hydrogens (primary N) is 1. The number of carbonyl (C=O) groups is 1. The zero-order chi connectivity index (χ0) is 17.1. The lowest BCUT2D eigenvalue weighted by Crippen LogP contribution is -1.82. The molecule has 0 aliphatic rings. The van der Waals surface area contributed by atoms with Gasteiger partial charge in [0.2, 0.25) is 6.41 Å². The average Bonchev–Trinajstić information content (AvgIpc) is 3.17. The summed E-state index contributed by atoms with van der Waals surface area (Å²) in [5.74, 6) is 0.760. The van der Waals surface area contributed by atoms with Crippen molar-refractivity contribution in [1.82, 2.24) is 15.0 Å². The number of aryl methyl sites for hydroxylation is 1. The van der Waals surface area contributed by atoms with Crippen molar-refractivity contribution in [3.05, 3.63) is 54.2 Å². The van der Waals surface area contributed by atoms with Crippen molar-refractivity contribution in [2.75, 3.05) is 0 Å². The molecule has 122 valence electrons. The topological polar surface area (TPSA) is 87.6 Å². The van der Waals surface area contributed by atoms with Gasteiger partial charge in [0.05, 0.1) is 11.0 Å². The van der Waals surface area contributed by atoms with Gasteiger partial charge in [-0.15, -0.1) is 0 Å². The number of nitrogens with zero attached hydrogens (tertiary/aromatic N) is 1. The maximum atomic E-state index is 13.3. The summed E-state index contributed by atoms with van der Waals surface area (Å²) in [6.07, 6.45) is 3.05. The minimum Gasteiger partial charge on any atom is -0.372 e. The maximum Gasteiger partial charge on any atom is 0.204 e. The number of hydrogen-bond donors (Lipinski definition) is 3. The number of imidazole rings is 1. The van der Waals surface area contributed by atoms with Crippen LogP contribution in [0.4, 0.5) is 4.39 Å². The number of hydrogen-bond acceptors (Lipinski definition) is 2. The fraction of sp³-hybridized carbons (Fsp3) is 0.111. The number of halogens is 1. The van der Waals surface area contributed by atoms with Crippen molar-refractivity contribution < 1.29 is 9.18 Å². The second kappa shape index (κ2) is 6.54. The Labute approximate surface area is 137 Å². The number of primary amides is 1. The van der Waals surface area contributed by atoms with E-state index in [0.29, 0.717) is 0 Å². The van der Waals surface area contributed by atoms with Crippen LogP contribution in [-0.4, -0.2) is 21.4 Å². The molecule has 0 fully saturated rings. The van der Waals surface area contributed by atoms with Crippen LogP contribution in [0.25, 0.3) is 33.1 Å². The van der Waals surface area contributed by atoms with Crippen LogP contribution in [0.3, 0.4) is 0 Å². The molecule has 0 aliphatic heterocycles. The Kier molecular flexibility index (Phi) is 4.29. The molecule has 1 amide bonds. The van der Waals surface area contributed by atoms with Crippen LogP contribution in [-0.2, 0) is 11.2 Å². The van der Waals surface area contributed by atoms with E-state index < -0.39 is 0 Å². The number of rotatable bonds is 2. The van der Waals surface area contributed by atoms with E-state index in [9.17, 15) is 4.39 Å². The predicted octanol–water partition coefficient (Wildman–Crippen LogP) is 3.51. The van der Waals surface area contributed by atoms with Crippen molar-refractivity contribution in [2.24, 2.45) is 5.73 Å². The number of aromatic amines is 2. The molecule has 0 saturated heterocycles. The van der Waals surface area contributed by atoms with Gasteiger partial charge in [-0.05, 0) is 35.9 Å². The second-order valence-corrected chi connectivity index (χ2v) is 5.30. The molecule has 5 nitrogen and oxygen atoms in total. The van der Waals surface area contributed by atoms with Gasteiger partial charge in [0.1, 0.15) is 11.6 Å². The summed E-state index contributed by atoms with van der Waals surface area (Å²) in [7, 11) is 0. The number of fused-ring (bicyclic) bond motifs is 2. The van der Waals surface area contributed by atoms with E-state index in [2.05, 4.69) is 39.7 Å². The summed E-state index contributed by atoms with van der Waals surface area (Å²) >= 11 is 0. The second-order valence-electron chi connectivity index (χ2n) is 5.30. The van der Waals surface area contributed by atoms with Crippen LogP contribution < -0.4 is 5.73 Å². The number of aromatic nitrogens is 3. The van der Waals surface area contributed by atoms with Crippen molar-refractivity contribution in [2.45, 2.75) is 13.3 Å². The van der Waals surface area contributed by atoms with Gasteiger partial charge >= 0.3 is 0 Å². The molecule has 0 radical (unpaired) electrons. The fourth-order valence-corrected chi connectivity index (χ4v) is 2.73. The van der Waals surface area contributed by atoms with Crippen LogP contribution in [0.2, 0.25) is 0 Å². The lowest BCUT2D eigenvalue weighted by atomic mass is 10.0. The van der Waals surface area contributed by atoms with E-state index in [1.54, 1.807) is 0 Å². The largest absolute Gasteiger partial charge is 0.372 e. The van der Waals surface area contributed by atoms with E-state index >= 15 is 0 Å². The molecule has 6 heteroatoms. The molecule has 4 rings (SSSR count). The molecular formula is C18H17FN4O. The number of H-pyrrole nitrogens is 2. The molecule has 2 aromatic carbocycles. The molecule has 0 spiro atoms. The summed E-state index contributed by atoms with van der Waals surface area (Å²) in [6, 6.07) is 11.0. The summed E-state index contributed by atoms with van der Waals surface area (Å²) < 4.78 is 13.3. The quantitative estimate of drug-likeness (QED) is 0.493. The third-order valence-corrected chi connectivity index (χ3v) is 3.82. The zero-order valence-electron chi connectivity index (χ0n) is 13.1. The third kappa shape index (κ3) is 2.86. The van der Waals surface area contributed by atoms with Crippen LogP contribution in [0.1, 0.15) is 12.7 Å². The highest BCUT2D eigenvalue weighted by molar-refractivity contribution is 5.97. The summed E-state index contributed by atoms with van der Waals surface area (Å²) in [4.78, 5) is 19.5. The highest BCUT2D eigenvalue weighted by atomic mass is 19.1. The Balaban J connectivity index is 0.000000526. The molecular weight excluding hydrogens is 307 g/mol. The van der Waals surface area contributed by atoms with E-state index in [4.69, 9.17) is 4.79 Å². The van der Waals surface area contributed by atoms with Crippen LogP contribution >= 0.6 is 0 Å². The molecule has 0 unspecified atom stereocenters. The van der Waals surface area contributed by atoms with Crippen LogP contribution in [0, 0.1) is 5.82 Å². The minimum absolute atomic E-state index is 0.229. The molecule has 2 heterocycles. The van der Waals surface area contributed by atoms with Crippen LogP contribution in [0.5, 0.6) is 0 Å². The first-order valence-electron chi connectivity index (χ1n) is 7.57. The summed E-state index contributed by atoms with van der Waals surface area (Å²) in [5.41, 5.74) is 9.14. The molecule has 4 N–H and O–H groups in total. The average molecular weight is 324 g/mol. The molecule has 0 bridgehead atoms. The monoisotopic (exact) mass is 324 g/mol. The number of benzene rings is 2.